The van der Waals surface area contributed by atoms with Crippen LogP contribution in [-0.2, 0) is 9.53 Å². The van der Waals surface area contributed by atoms with Crippen molar-refractivity contribution in [1.29, 1.82) is 0 Å². The van der Waals surface area contributed by atoms with Gasteiger partial charge in [-0.1, -0.05) is 29.3 Å². The highest BCUT2D eigenvalue weighted by Gasteiger charge is 2.20. The standard InChI is InChI=1S/C14H17Cl2NO3/c15-10-4-1-5-11(16)14(10)12(18)8-17-13(19)7-9-3-2-6-20-9/h1,4-5,9,12,18H,2-3,6-8H2,(H,17,19)/t9-,12-/m0/s1. The molecule has 0 spiro atoms. The summed E-state index contributed by atoms with van der Waals surface area (Å²) in [4.78, 5) is 11.7. The number of rotatable bonds is 5. The Balaban J connectivity index is 1.85. The van der Waals surface area contributed by atoms with Gasteiger partial charge in [0.2, 0.25) is 5.91 Å². The number of hydrogen-bond donors (Lipinski definition) is 2. The predicted octanol–water partition coefficient (Wildman–Crippen LogP) is 2.71. The maximum absolute atomic E-state index is 11.7. The van der Waals surface area contributed by atoms with E-state index in [4.69, 9.17) is 27.9 Å². The first-order valence-corrected chi connectivity index (χ1v) is 7.34. The van der Waals surface area contributed by atoms with Gasteiger partial charge in [-0.15, -0.1) is 0 Å². The molecule has 1 amide bonds. The number of hydrogen-bond acceptors (Lipinski definition) is 3. The van der Waals surface area contributed by atoms with Gasteiger partial charge in [0.15, 0.2) is 0 Å². The second-order valence-corrected chi connectivity index (χ2v) is 5.61. The third-order valence-corrected chi connectivity index (χ3v) is 3.92. The van der Waals surface area contributed by atoms with Crippen molar-refractivity contribution in [3.05, 3.63) is 33.8 Å². The van der Waals surface area contributed by atoms with Crippen molar-refractivity contribution in [2.75, 3.05) is 13.2 Å². The van der Waals surface area contributed by atoms with E-state index in [0.29, 0.717) is 22.0 Å². The maximum Gasteiger partial charge on any atom is 0.222 e. The van der Waals surface area contributed by atoms with Gasteiger partial charge in [-0.25, -0.2) is 0 Å². The highest BCUT2D eigenvalue weighted by atomic mass is 35.5. The molecule has 1 aromatic rings. The number of aliphatic hydroxyl groups is 1. The van der Waals surface area contributed by atoms with E-state index in [1.165, 1.54) is 0 Å². The Morgan fingerprint density at radius 1 is 1.45 bits per heavy atom. The molecule has 0 bridgehead atoms. The smallest absolute Gasteiger partial charge is 0.222 e. The highest BCUT2D eigenvalue weighted by Crippen LogP contribution is 2.29. The molecule has 2 atom stereocenters. The summed E-state index contributed by atoms with van der Waals surface area (Å²) in [6, 6.07) is 5.01. The average Bonchev–Trinajstić information content (AvgIpc) is 2.89. The van der Waals surface area contributed by atoms with Crippen LogP contribution >= 0.6 is 23.2 Å². The Morgan fingerprint density at radius 2 is 2.15 bits per heavy atom. The molecule has 1 fully saturated rings. The SMILES string of the molecule is O=C(C[C@@H]1CCCO1)NC[C@H](O)c1c(Cl)cccc1Cl. The Hall–Kier alpha value is -0.810. The number of halogens is 2. The molecule has 0 radical (unpaired) electrons. The number of aliphatic hydroxyl groups excluding tert-OH is 1. The monoisotopic (exact) mass is 317 g/mol. The van der Waals surface area contributed by atoms with Crippen molar-refractivity contribution in [3.8, 4) is 0 Å². The molecule has 6 heteroatoms. The molecule has 1 aliphatic heterocycles. The van der Waals surface area contributed by atoms with E-state index in [1.54, 1.807) is 18.2 Å². The number of carbonyl (C=O) groups excluding carboxylic acids is 1. The van der Waals surface area contributed by atoms with Gasteiger partial charge in [0.1, 0.15) is 0 Å². The zero-order valence-electron chi connectivity index (χ0n) is 10.9. The van der Waals surface area contributed by atoms with Crippen molar-refractivity contribution in [2.45, 2.75) is 31.5 Å². The molecule has 0 aromatic heterocycles. The van der Waals surface area contributed by atoms with E-state index in [0.717, 1.165) is 19.4 Å². The minimum Gasteiger partial charge on any atom is -0.386 e. The van der Waals surface area contributed by atoms with Crippen molar-refractivity contribution in [3.63, 3.8) is 0 Å². The lowest BCUT2D eigenvalue weighted by atomic mass is 10.1. The molecule has 1 aliphatic rings. The summed E-state index contributed by atoms with van der Waals surface area (Å²) >= 11 is 12.0. The van der Waals surface area contributed by atoms with Gasteiger partial charge in [-0.3, -0.25) is 4.79 Å². The third kappa shape index (κ3) is 4.09. The van der Waals surface area contributed by atoms with Gasteiger partial charge >= 0.3 is 0 Å². The second-order valence-electron chi connectivity index (χ2n) is 4.79. The number of ether oxygens (including phenoxy) is 1. The van der Waals surface area contributed by atoms with Crippen LogP contribution in [0.1, 0.15) is 30.9 Å². The molecule has 0 saturated carbocycles. The van der Waals surface area contributed by atoms with Gasteiger partial charge < -0.3 is 15.2 Å². The van der Waals surface area contributed by atoms with Crippen molar-refractivity contribution in [1.82, 2.24) is 5.32 Å². The third-order valence-electron chi connectivity index (χ3n) is 3.26. The Morgan fingerprint density at radius 3 is 2.75 bits per heavy atom. The van der Waals surface area contributed by atoms with Gasteiger partial charge in [0.05, 0.1) is 18.6 Å². The first-order valence-electron chi connectivity index (χ1n) is 6.58. The summed E-state index contributed by atoms with van der Waals surface area (Å²) in [5.74, 6) is -0.140. The lowest BCUT2D eigenvalue weighted by molar-refractivity contribution is -0.123. The van der Waals surface area contributed by atoms with Crippen LogP contribution in [0.4, 0.5) is 0 Å². The topological polar surface area (TPSA) is 58.6 Å². The van der Waals surface area contributed by atoms with Crippen LogP contribution < -0.4 is 5.32 Å². The number of nitrogens with one attached hydrogen (secondary N) is 1. The van der Waals surface area contributed by atoms with Gasteiger partial charge in [0, 0.05) is 28.8 Å². The normalized spacial score (nSPS) is 19.9. The molecule has 110 valence electrons. The quantitative estimate of drug-likeness (QED) is 0.877. The van der Waals surface area contributed by atoms with E-state index in [9.17, 15) is 9.90 Å². The van der Waals surface area contributed by atoms with Crippen LogP contribution in [0.3, 0.4) is 0 Å². The molecule has 1 heterocycles. The zero-order chi connectivity index (χ0) is 14.5. The van der Waals surface area contributed by atoms with Crippen LogP contribution in [0.15, 0.2) is 18.2 Å². The number of amides is 1. The highest BCUT2D eigenvalue weighted by molar-refractivity contribution is 6.36. The average molecular weight is 318 g/mol. The molecule has 2 rings (SSSR count). The molecule has 2 N–H and O–H groups in total. The van der Waals surface area contributed by atoms with E-state index in [-0.39, 0.29) is 18.6 Å². The number of benzene rings is 1. The van der Waals surface area contributed by atoms with Gasteiger partial charge in [-0.05, 0) is 25.0 Å². The van der Waals surface area contributed by atoms with Crippen LogP contribution in [0.2, 0.25) is 10.0 Å². The Labute approximate surface area is 128 Å². The fourth-order valence-electron chi connectivity index (χ4n) is 2.23. The molecule has 1 aromatic carbocycles. The largest absolute Gasteiger partial charge is 0.386 e. The van der Waals surface area contributed by atoms with Crippen molar-refractivity contribution < 1.29 is 14.6 Å². The molecule has 20 heavy (non-hydrogen) atoms. The van der Waals surface area contributed by atoms with E-state index in [1.807, 2.05) is 0 Å². The van der Waals surface area contributed by atoms with Gasteiger partial charge in [0.25, 0.3) is 0 Å². The Bertz CT molecular complexity index is 455. The molecule has 4 nitrogen and oxygen atoms in total. The Kier molecular flexibility index (Phi) is 5.66. The minimum absolute atomic E-state index is 0.00366. The lowest BCUT2D eigenvalue weighted by Gasteiger charge is -2.16. The second kappa shape index (κ2) is 7.27. The molecular weight excluding hydrogens is 301 g/mol. The summed E-state index contributed by atoms with van der Waals surface area (Å²) < 4.78 is 5.39. The first-order chi connectivity index (χ1) is 9.58. The molecule has 0 unspecified atom stereocenters. The number of carbonyl (C=O) groups is 1. The van der Waals surface area contributed by atoms with E-state index < -0.39 is 6.10 Å². The maximum atomic E-state index is 11.7. The van der Waals surface area contributed by atoms with E-state index in [2.05, 4.69) is 5.32 Å². The predicted molar refractivity (Wildman–Crippen MR) is 78.0 cm³/mol. The van der Waals surface area contributed by atoms with Gasteiger partial charge in [-0.2, -0.15) is 0 Å². The van der Waals surface area contributed by atoms with Crippen molar-refractivity contribution >= 4 is 29.1 Å². The summed E-state index contributed by atoms with van der Waals surface area (Å²) in [6.45, 7) is 0.796. The molecule has 1 saturated heterocycles. The molecule has 0 aliphatic carbocycles. The molecular formula is C14H17Cl2NO3. The van der Waals surface area contributed by atoms with Crippen molar-refractivity contribution in [2.24, 2.45) is 0 Å². The summed E-state index contributed by atoms with van der Waals surface area (Å²) in [5, 5.41) is 13.5. The first kappa shape index (κ1) is 15.6. The van der Waals surface area contributed by atoms with E-state index >= 15 is 0 Å². The summed E-state index contributed by atoms with van der Waals surface area (Å²) in [5.41, 5.74) is 0.438. The zero-order valence-corrected chi connectivity index (χ0v) is 12.5. The van der Waals surface area contributed by atoms with Crippen LogP contribution in [0.5, 0.6) is 0 Å². The summed E-state index contributed by atoms with van der Waals surface area (Å²) in [7, 11) is 0. The van der Waals surface area contributed by atoms with Crippen LogP contribution in [0.25, 0.3) is 0 Å². The fourth-order valence-corrected chi connectivity index (χ4v) is 2.88. The fraction of sp³-hybridized carbons (Fsp3) is 0.500. The lowest BCUT2D eigenvalue weighted by Crippen LogP contribution is -2.31. The minimum atomic E-state index is -0.926. The van der Waals surface area contributed by atoms with Crippen LogP contribution in [0, 0.1) is 0 Å². The van der Waals surface area contributed by atoms with Crippen LogP contribution in [-0.4, -0.2) is 30.3 Å². The summed E-state index contributed by atoms with van der Waals surface area (Å²) in [6.07, 6.45) is 1.30.